The van der Waals surface area contributed by atoms with Crippen LogP contribution in [0.3, 0.4) is 0 Å². The summed E-state index contributed by atoms with van der Waals surface area (Å²) in [6, 6.07) is 3.39. The molecule has 4 amide bonds. The lowest BCUT2D eigenvalue weighted by molar-refractivity contribution is -0.138. The quantitative estimate of drug-likeness (QED) is 0.595. The third-order valence-corrected chi connectivity index (χ3v) is 4.20. The van der Waals surface area contributed by atoms with E-state index in [4.69, 9.17) is 0 Å². The average molecular weight is 371 g/mol. The van der Waals surface area contributed by atoms with Gasteiger partial charge in [0.25, 0.3) is 5.91 Å². The number of carbonyl (C=O) groups is 3. The predicted molar refractivity (Wildman–Crippen MR) is 87.0 cm³/mol. The number of alkyl halides is 3. The number of nitrogens with one attached hydrogen (secondary N) is 2. The smallest absolute Gasteiger partial charge is 0.355 e. The second-order valence-electron chi connectivity index (χ2n) is 6.23. The molecular formula is C17H20F3N3O3. The number of nitrogens with zero attached hydrogens (tertiary/aromatic N) is 1. The Kier molecular flexibility index (Phi) is 5.58. The van der Waals surface area contributed by atoms with Crippen LogP contribution in [0.1, 0.15) is 37.8 Å². The highest BCUT2D eigenvalue weighted by Gasteiger charge is 2.50. The van der Waals surface area contributed by atoms with E-state index in [2.05, 4.69) is 10.6 Å². The average Bonchev–Trinajstić information content (AvgIpc) is 2.79. The summed E-state index contributed by atoms with van der Waals surface area (Å²) >= 11 is 0. The first-order valence-corrected chi connectivity index (χ1v) is 8.18. The molecule has 26 heavy (non-hydrogen) atoms. The van der Waals surface area contributed by atoms with Gasteiger partial charge in [-0.2, -0.15) is 13.2 Å². The van der Waals surface area contributed by atoms with Gasteiger partial charge in [-0.05, 0) is 31.0 Å². The van der Waals surface area contributed by atoms with Gasteiger partial charge in [0, 0.05) is 6.54 Å². The monoisotopic (exact) mass is 371 g/mol. The molecular weight excluding hydrogens is 351 g/mol. The van der Waals surface area contributed by atoms with Gasteiger partial charge in [-0.25, -0.2) is 4.79 Å². The molecule has 1 aromatic rings. The van der Waals surface area contributed by atoms with Gasteiger partial charge in [-0.3, -0.25) is 14.5 Å². The molecule has 1 aliphatic rings. The molecule has 0 radical (unpaired) electrons. The van der Waals surface area contributed by atoms with Crippen LogP contribution in [0.2, 0.25) is 0 Å². The van der Waals surface area contributed by atoms with Gasteiger partial charge in [-0.1, -0.05) is 25.5 Å². The minimum absolute atomic E-state index is 0.000402. The summed E-state index contributed by atoms with van der Waals surface area (Å²) in [7, 11) is 0. The van der Waals surface area contributed by atoms with Crippen molar-refractivity contribution in [2.24, 2.45) is 0 Å². The Hall–Kier alpha value is -2.58. The number of carbonyl (C=O) groups excluding carboxylic acids is 3. The molecule has 142 valence electrons. The zero-order valence-electron chi connectivity index (χ0n) is 14.4. The summed E-state index contributed by atoms with van der Waals surface area (Å²) in [5, 5.41) is 4.97. The van der Waals surface area contributed by atoms with E-state index >= 15 is 0 Å². The summed E-state index contributed by atoms with van der Waals surface area (Å²) in [4.78, 5) is 37.3. The Morgan fingerprint density at radius 1 is 1.31 bits per heavy atom. The van der Waals surface area contributed by atoms with Crippen LogP contribution in [0.5, 0.6) is 0 Å². The largest absolute Gasteiger partial charge is 0.416 e. The fourth-order valence-electron chi connectivity index (χ4n) is 2.65. The Balaban J connectivity index is 2.20. The molecule has 0 aliphatic carbocycles. The number of rotatable bonds is 6. The number of imide groups is 1. The predicted octanol–water partition coefficient (Wildman–Crippen LogP) is 2.39. The van der Waals surface area contributed by atoms with Crippen molar-refractivity contribution in [3.63, 3.8) is 0 Å². The molecule has 1 aromatic carbocycles. The van der Waals surface area contributed by atoms with E-state index in [1.165, 1.54) is 19.1 Å². The van der Waals surface area contributed by atoms with E-state index in [0.717, 1.165) is 25.0 Å². The van der Waals surface area contributed by atoms with Crippen LogP contribution in [-0.2, 0) is 21.3 Å². The summed E-state index contributed by atoms with van der Waals surface area (Å²) < 4.78 is 38.7. The van der Waals surface area contributed by atoms with Crippen LogP contribution in [0.4, 0.5) is 18.0 Å². The molecule has 0 bridgehead atoms. The second-order valence-corrected chi connectivity index (χ2v) is 6.23. The van der Waals surface area contributed by atoms with Crippen molar-refractivity contribution in [3.05, 3.63) is 35.4 Å². The molecule has 1 fully saturated rings. The van der Waals surface area contributed by atoms with Crippen LogP contribution in [0, 0.1) is 0 Å². The van der Waals surface area contributed by atoms with Gasteiger partial charge in [0.05, 0.1) is 5.56 Å². The summed E-state index contributed by atoms with van der Waals surface area (Å²) in [6.45, 7) is 3.20. The highest BCUT2D eigenvalue weighted by Crippen LogP contribution is 2.34. The maximum atomic E-state index is 12.9. The number of amides is 4. The fraction of sp³-hybridized carbons (Fsp3) is 0.471. The number of halogens is 3. The van der Waals surface area contributed by atoms with Crippen molar-refractivity contribution in [1.29, 1.82) is 0 Å². The molecule has 0 saturated carbocycles. The first-order valence-electron chi connectivity index (χ1n) is 8.18. The van der Waals surface area contributed by atoms with Crippen LogP contribution >= 0.6 is 0 Å². The van der Waals surface area contributed by atoms with Crippen molar-refractivity contribution in [3.8, 4) is 0 Å². The summed E-state index contributed by atoms with van der Waals surface area (Å²) in [6.07, 6.45) is -2.94. The molecule has 0 aromatic heterocycles. The normalized spacial score (nSPS) is 20.3. The molecule has 6 nitrogen and oxygen atoms in total. The highest BCUT2D eigenvalue weighted by atomic mass is 19.4. The lowest BCUT2D eigenvalue weighted by Crippen LogP contribution is -2.43. The third kappa shape index (κ3) is 3.97. The Morgan fingerprint density at radius 2 is 2.00 bits per heavy atom. The van der Waals surface area contributed by atoms with Gasteiger partial charge >= 0.3 is 12.2 Å². The van der Waals surface area contributed by atoms with Gasteiger partial charge in [0.1, 0.15) is 12.1 Å². The number of urea groups is 1. The molecule has 2 rings (SSSR count). The minimum atomic E-state index is -4.57. The van der Waals surface area contributed by atoms with Crippen molar-refractivity contribution in [2.75, 3.05) is 13.1 Å². The van der Waals surface area contributed by atoms with E-state index in [0.29, 0.717) is 11.4 Å². The number of unbranched alkanes of at least 4 members (excludes halogenated alkanes) is 1. The van der Waals surface area contributed by atoms with Gasteiger partial charge in [0.15, 0.2) is 0 Å². The molecule has 1 heterocycles. The van der Waals surface area contributed by atoms with Gasteiger partial charge in [0.2, 0.25) is 5.91 Å². The van der Waals surface area contributed by atoms with Crippen molar-refractivity contribution in [2.45, 2.75) is 38.4 Å². The lowest BCUT2D eigenvalue weighted by Gasteiger charge is -2.23. The molecule has 0 unspecified atom stereocenters. The molecule has 2 N–H and O–H groups in total. The maximum absolute atomic E-state index is 12.9. The highest BCUT2D eigenvalue weighted by molar-refractivity contribution is 6.09. The Morgan fingerprint density at radius 3 is 2.62 bits per heavy atom. The zero-order valence-corrected chi connectivity index (χ0v) is 14.4. The van der Waals surface area contributed by atoms with Crippen LogP contribution < -0.4 is 10.6 Å². The molecule has 1 atom stereocenters. The third-order valence-electron chi connectivity index (χ3n) is 4.20. The van der Waals surface area contributed by atoms with Crippen LogP contribution in [-0.4, -0.2) is 35.8 Å². The van der Waals surface area contributed by atoms with E-state index in [1.54, 1.807) is 0 Å². The fourth-order valence-corrected chi connectivity index (χ4v) is 2.65. The number of benzene rings is 1. The van der Waals surface area contributed by atoms with Crippen molar-refractivity contribution < 1.29 is 27.6 Å². The first-order chi connectivity index (χ1) is 12.1. The molecule has 1 aliphatic heterocycles. The van der Waals surface area contributed by atoms with Gasteiger partial charge in [-0.15, -0.1) is 0 Å². The van der Waals surface area contributed by atoms with E-state index in [1.807, 2.05) is 6.92 Å². The Bertz CT molecular complexity index is 721. The maximum Gasteiger partial charge on any atom is 0.416 e. The number of hydrogen-bond acceptors (Lipinski definition) is 3. The van der Waals surface area contributed by atoms with E-state index < -0.39 is 41.7 Å². The zero-order chi connectivity index (χ0) is 19.5. The topological polar surface area (TPSA) is 78.5 Å². The second kappa shape index (κ2) is 7.35. The summed E-state index contributed by atoms with van der Waals surface area (Å²) in [5.41, 5.74) is -2.59. The molecule has 0 spiro atoms. The first kappa shape index (κ1) is 19.7. The minimum Gasteiger partial charge on any atom is -0.355 e. The SMILES string of the molecule is CCCCNC(=O)CN1C(=O)N[C@](C)(c2cccc(C(F)(F)F)c2)C1=O. The Labute approximate surface area is 148 Å². The van der Waals surface area contributed by atoms with Gasteiger partial charge < -0.3 is 10.6 Å². The number of hydrogen-bond donors (Lipinski definition) is 2. The van der Waals surface area contributed by atoms with E-state index in [9.17, 15) is 27.6 Å². The van der Waals surface area contributed by atoms with Crippen LogP contribution in [0.25, 0.3) is 0 Å². The molecule has 9 heteroatoms. The van der Waals surface area contributed by atoms with Crippen molar-refractivity contribution in [1.82, 2.24) is 15.5 Å². The van der Waals surface area contributed by atoms with E-state index in [-0.39, 0.29) is 5.56 Å². The van der Waals surface area contributed by atoms with Crippen molar-refractivity contribution >= 4 is 17.8 Å². The lowest BCUT2D eigenvalue weighted by atomic mass is 9.90. The van der Waals surface area contributed by atoms with Crippen LogP contribution in [0.15, 0.2) is 24.3 Å². The standard InChI is InChI=1S/C17H20F3N3O3/c1-3-4-8-21-13(24)10-23-14(25)16(2,22-15(23)26)11-6-5-7-12(9-11)17(18,19)20/h5-7,9H,3-4,8,10H2,1-2H3,(H,21,24)(H,22,26)/t16-/m1/s1. The molecule has 1 saturated heterocycles. The summed E-state index contributed by atoms with van der Waals surface area (Å²) in [5.74, 6) is -1.28.